The molecular formula is C7H12F2O2S. The Balaban J connectivity index is 4.01. The maximum absolute atomic E-state index is 12.5. The second-order valence-corrected chi connectivity index (χ2v) is 5.21. The van der Waals surface area contributed by atoms with Crippen LogP contribution in [0.25, 0.3) is 0 Å². The van der Waals surface area contributed by atoms with Crippen LogP contribution in [0, 0.1) is 0 Å². The van der Waals surface area contributed by atoms with E-state index in [4.69, 9.17) is 5.11 Å². The highest BCUT2D eigenvalue weighted by Gasteiger charge is 2.39. The minimum atomic E-state index is -3.61. The Labute approximate surface area is 74.3 Å². The highest BCUT2D eigenvalue weighted by atomic mass is 32.2. The van der Waals surface area contributed by atoms with Gasteiger partial charge in [-0.15, -0.1) is 11.8 Å². The Hall–Kier alpha value is -0.320. The summed E-state index contributed by atoms with van der Waals surface area (Å²) < 4.78 is 24.6. The van der Waals surface area contributed by atoms with Gasteiger partial charge in [0.1, 0.15) is 0 Å². The third-order valence-electron chi connectivity index (χ3n) is 0.999. The zero-order valence-electron chi connectivity index (χ0n) is 7.23. The molecule has 0 fully saturated rings. The second-order valence-electron chi connectivity index (χ2n) is 3.41. The van der Waals surface area contributed by atoms with Gasteiger partial charge in [0, 0.05) is 4.75 Å². The maximum Gasteiger partial charge on any atom is 0.375 e. The number of carbonyl (C=O) groups is 1. The number of rotatable bonds is 3. The lowest BCUT2D eigenvalue weighted by molar-refractivity contribution is -0.161. The minimum Gasteiger partial charge on any atom is -0.477 e. The lowest BCUT2D eigenvalue weighted by Crippen LogP contribution is -2.32. The Morgan fingerprint density at radius 3 is 2.08 bits per heavy atom. The number of aliphatic carboxylic acids is 1. The van der Waals surface area contributed by atoms with Gasteiger partial charge in [0.25, 0.3) is 0 Å². The molecule has 0 aromatic rings. The van der Waals surface area contributed by atoms with Crippen LogP contribution in [0.2, 0.25) is 0 Å². The molecule has 0 aliphatic heterocycles. The summed E-state index contributed by atoms with van der Waals surface area (Å²) in [5.41, 5.74) is 0. The zero-order chi connectivity index (χ0) is 9.99. The van der Waals surface area contributed by atoms with Gasteiger partial charge in [-0.3, -0.25) is 0 Å². The van der Waals surface area contributed by atoms with Crippen molar-refractivity contribution in [2.45, 2.75) is 31.4 Å². The van der Waals surface area contributed by atoms with Gasteiger partial charge in [0.15, 0.2) is 0 Å². The zero-order valence-corrected chi connectivity index (χ0v) is 8.04. The van der Waals surface area contributed by atoms with Crippen LogP contribution in [-0.2, 0) is 4.79 Å². The first-order chi connectivity index (χ1) is 5.15. The summed E-state index contributed by atoms with van der Waals surface area (Å²) in [5, 5.41) is 8.07. The first-order valence-corrected chi connectivity index (χ1v) is 4.39. The lowest BCUT2D eigenvalue weighted by atomic mass is 10.3. The summed E-state index contributed by atoms with van der Waals surface area (Å²) in [6.45, 7) is 5.28. The number of hydrogen-bond acceptors (Lipinski definition) is 2. The summed E-state index contributed by atoms with van der Waals surface area (Å²) >= 11 is 0.938. The van der Waals surface area contributed by atoms with Gasteiger partial charge >= 0.3 is 11.9 Å². The molecule has 5 heteroatoms. The van der Waals surface area contributed by atoms with Crippen LogP contribution in [0.15, 0.2) is 0 Å². The smallest absolute Gasteiger partial charge is 0.375 e. The molecule has 0 spiro atoms. The van der Waals surface area contributed by atoms with Crippen LogP contribution in [-0.4, -0.2) is 27.5 Å². The highest BCUT2D eigenvalue weighted by Crippen LogP contribution is 2.29. The van der Waals surface area contributed by atoms with Crippen LogP contribution in [0.3, 0.4) is 0 Å². The normalized spacial score (nSPS) is 13.1. The fourth-order valence-corrected chi connectivity index (χ4v) is 1.11. The van der Waals surface area contributed by atoms with Gasteiger partial charge in [0.05, 0.1) is 5.75 Å². The number of thioether (sulfide) groups is 1. The molecule has 0 aromatic carbocycles. The van der Waals surface area contributed by atoms with Gasteiger partial charge in [-0.1, -0.05) is 20.8 Å². The predicted molar refractivity (Wildman–Crippen MR) is 44.8 cm³/mol. The molecule has 0 aromatic heterocycles. The van der Waals surface area contributed by atoms with Gasteiger partial charge < -0.3 is 5.11 Å². The molecule has 12 heavy (non-hydrogen) atoms. The number of hydrogen-bond donors (Lipinski definition) is 1. The van der Waals surface area contributed by atoms with E-state index in [0.29, 0.717) is 0 Å². The van der Waals surface area contributed by atoms with Crippen molar-refractivity contribution in [3.05, 3.63) is 0 Å². The number of carboxylic acid groups (broad SMARTS) is 1. The maximum atomic E-state index is 12.5. The van der Waals surface area contributed by atoms with Gasteiger partial charge in [-0.2, -0.15) is 8.78 Å². The molecule has 1 N–H and O–H groups in total. The van der Waals surface area contributed by atoms with Crippen molar-refractivity contribution >= 4 is 17.7 Å². The highest BCUT2D eigenvalue weighted by molar-refractivity contribution is 8.00. The average molecular weight is 198 g/mol. The molecule has 0 unspecified atom stereocenters. The van der Waals surface area contributed by atoms with E-state index in [1.54, 1.807) is 20.8 Å². The first kappa shape index (κ1) is 11.7. The third-order valence-corrected chi connectivity index (χ3v) is 2.37. The standard InChI is InChI=1S/C7H12F2O2S/c1-6(2,3)12-4-7(8,9)5(10)11/h4H2,1-3H3,(H,10,11). The van der Waals surface area contributed by atoms with E-state index in [2.05, 4.69) is 0 Å². The summed E-state index contributed by atoms with van der Waals surface area (Å²) in [6, 6.07) is 0. The van der Waals surface area contributed by atoms with Gasteiger partial charge in [-0.05, 0) is 0 Å². The Kier molecular flexibility index (Phi) is 3.50. The lowest BCUT2D eigenvalue weighted by Gasteiger charge is -2.20. The Morgan fingerprint density at radius 1 is 1.42 bits per heavy atom. The molecule has 0 rings (SSSR count). The second kappa shape index (κ2) is 3.60. The van der Waals surface area contributed by atoms with Gasteiger partial charge in [0.2, 0.25) is 0 Å². The first-order valence-electron chi connectivity index (χ1n) is 3.40. The molecule has 0 saturated heterocycles. The molecule has 0 aliphatic rings. The summed E-state index contributed by atoms with van der Waals surface area (Å²) in [7, 11) is 0. The molecule has 0 heterocycles. The molecule has 0 amide bonds. The molecular weight excluding hydrogens is 186 g/mol. The van der Waals surface area contributed by atoms with Crippen molar-refractivity contribution in [1.29, 1.82) is 0 Å². The largest absolute Gasteiger partial charge is 0.477 e. The monoisotopic (exact) mass is 198 g/mol. The molecule has 0 atom stereocenters. The molecule has 0 saturated carbocycles. The van der Waals surface area contributed by atoms with E-state index in [-0.39, 0.29) is 4.75 Å². The fourth-order valence-electron chi connectivity index (χ4n) is 0.369. The van der Waals surface area contributed by atoms with Crippen LogP contribution in [0.5, 0.6) is 0 Å². The van der Waals surface area contributed by atoms with Crippen LogP contribution in [0.1, 0.15) is 20.8 Å². The van der Waals surface area contributed by atoms with E-state index >= 15 is 0 Å². The molecule has 0 aliphatic carbocycles. The average Bonchev–Trinajstić information content (AvgIpc) is 1.82. The van der Waals surface area contributed by atoms with Crippen LogP contribution >= 0.6 is 11.8 Å². The van der Waals surface area contributed by atoms with Crippen molar-refractivity contribution < 1.29 is 18.7 Å². The minimum absolute atomic E-state index is 0.334. The quantitative estimate of drug-likeness (QED) is 0.755. The van der Waals surface area contributed by atoms with E-state index in [0.717, 1.165) is 11.8 Å². The van der Waals surface area contributed by atoms with E-state index in [9.17, 15) is 13.6 Å². The summed E-state index contributed by atoms with van der Waals surface area (Å²) in [4.78, 5) is 9.97. The van der Waals surface area contributed by atoms with Crippen molar-refractivity contribution in [3.8, 4) is 0 Å². The van der Waals surface area contributed by atoms with Crippen LogP contribution in [0.4, 0.5) is 8.78 Å². The predicted octanol–water partition coefficient (Wildman–Crippen LogP) is 2.24. The van der Waals surface area contributed by atoms with Crippen molar-refractivity contribution in [1.82, 2.24) is 0 Å². The number of halogens is 2. The Bertz CT molecular complexity index is 175. The van der Waals surface area contributed by atoms with E-state index < -0.39 is 17.6 Å². The number of carboxylic acids is 1. The summed E-state index contributed by atoms with van der Waals surface area (Å²) in [6.07, 6.45) is 0. The van der Waals surface area contributed by atoms with E-state index in [1.807, 2.05) is 0 Å². The van der Waals surface area contributed by atoms with Crippen molar-refractivity contribution in [2.24, 2.45) is 0 Å². The molecule has 0 radical (unpaired) electrons. The molecule has 2 nitrogen and oxygen atoms in total. The topological polar surface area (TPSA) is 37.3 Å². The van der Waals surface area contributed by atoms with Crippen LogP contribution < -0.4 is 0 Å². The Morgan fingerprint density at radius 2 is 1.83 bits per heavy atom. The fraction of sp³-hybridized carbons (Fsp3) is 0.857. The van der Waals surface area contributed by atoms with Gasteiger partial charge in [-0.25, -0.2) is 4.79 Å². The summed E-state index contributed by atoms with van der Waals surface area (Å²) in [5.74, 6) is -6.34. The number of alkyl halides is 2. The van der Waals surface area contributed by atoms with Crippen molar-refractivity contribution in [3.63, 3.8) is 0 Å². The molecule has 0 bridgehead atoms. The van der Waals surface area contributed by atoms with E-state index in [1.165, 1.54) is 0 Å². The molecule has 72 valence electrons. The van der Waals surface area contributed by atoms with Crippen molar-refractivity contribution in [2.75, 3.05) is 5.75 Å². The third kappa shape index (κ3) is 4.54. The SMILES string of the molecule is CC(C)(C)SCC(F)(F)C(=O)O.